The van der Waals surface area contributed by atoms with E-state index < -0.39 is 14.9 Å². The highest BCUT2D eigenvalue weighted by Gasteiger charge is 2.22. The zero-order chi connectivity index (χ0) is 21.6. The molecule has 0 atom stereocenters. The lowest BCUT2D eigenvalue weighted by molar-refractivity contribution is -0.383. The molecule has 0 aliphatic rings. The minimum Gasteiger partial charge on any atom is -0.364 e. The molecule has 0 aliphatic heterocycles. The van der Waals surface area contributed by atoms with Gasteiger partial charge in [0.25, 0.3) is 0 Å². The monoisotopic (exact) mass is 428 g/mol. The van der Waals surface area contributed by atoms with Crippen LogP contribution < -0.4 is 15.8 Å². The molecule has 1 heterocycles. The average Bonchev–Trinajstić information content (AvgIpc) is 2.72. The molecule has 10 nitrogen and oxygen atoms in total. The van der Waals surface area contributed by atoms with Crippen molar-refractivity contribution in [3.8, 4) is 0 Å². The molecule has 0 saturated heterocycles. The van der Waals surface area contributed by atoms with Gasteiger partial charge in [-0.15, -0.1) is 0 Å². The lowest BCUT2D eigenvalue weighted by Gasteiger charge is -2.10. The minimum atomic E-state index is -3.74. The number of nitrogens with zero attached hydrogens (tertiary/aromatic N) is 3. The van der Waals surface area contributed by atoms with Crippen molar-refractivity contribution >= 4 is 27.3 Å². The first-order valence-corrected chi connectivity index (χ1v) is 10.5. The Bertz CT molecular complexity index is 1120. The quantitative estimate of drug-likeness (QED) is 0.346. The predicted molar refractivity (Wildman–Crippen MR) is 112 cm³/mol. The summed E-state index contributed by atoms with van der Waals surface area (Å²) in [5.41, 5.74) is 1.56. The van der Waals surface area contributed by atoms with E-state index in [-0.39, 0.29) is 22.2 Å². The van der Waals surface area contributed by atoms with Crippen molar-refractivity contribution in [2.75, 3.05) is 17.2 Å². The highest BCUT2D eigenvalue weighted by Crippen LogP contribution is 2.29. The SMILES string of the molecule is NS(=O)(=O)c1ccc(CCNc2ncnc(NCc3ccccc3)c2[N+](=O)[O-])cc1. The van der Waals surface area contributed by atoms with Gasteiger partial charge in [0.15, 0.2) is 0 Å². The van der Waals surface area contributed by atoms with E-state index in [9.17, 15) is 18.5 Å². The fourth-order valence-corrected chi connectivity index (χ4v) is 3.28. The van der Waals surface area contributed by atoms with Crippen LogP contribution in [0.1, 0.15) is 11.1 Å². The number of hydrogen-bond donors (Lipinski definition) is 3. The zero-order valence-corrected chi connectivity index (χ0v) is 16.7. The van der Waals surface area contributed by atoms with E-state index in [4.69, 9.17) is 5.14 Å². The van der Waals surface area contributed by atoms with Crippen LogP contribution >= 0.6 is 0 Å². The summed E-state index contributed by atoms with van der Waals surface area (Å²) in [4.78, 5) is 19.1. The summed E-state index contributed by atoms with van der Waals surface area (Å²) in [6.45, 7) is 0.735. The highest BCUT2D eigenvalue weighted by atomic mass is 32.2. The second kappa shape index (κ2) is 9.29. The molecular formula is C19H20N6O4S. The maximum atomic E-state index is 11.6. The van der Waals surface area contributed by atoms with Crippen LogP contribution in [-0.4, -0.2) is 29.9 Å². The predicted octanol–water partition coefficient (Wildman–Crippen LogP) is 2.30. The van der Waals surface area contributed by atoms with Crippen molar-refractivity contribution in [1.82, 2.24) is 9.97 Å². The minimum absolute atomic E-state index is 0.0276. The molecule has 0 fully saturated rings. The number of nitro groups is 1. The molecule has 3 rings (SSSR count). The highest BCUT2D eigenvalue weighted by molar-refractivity contribution is 7.89. The number of primary sulfonamides is 1. The summed E-state index contributed by atoms with van der Waals surface area (Å²) in [6, 6.07) is 15.6. The molecule has 0 unspecified atom stereocenters. The van der Waals surface area contributed by atoms with Gasteiger partial charge in [0.1, 0.15) is 6.33 Å². The molecule has 0 aliphatic carbocycles. The first-order valence-electron chi connectivity index (χ1n) is 8.97. The molecule has 156 valence electrons. The number of sulfonamides is 1. The third-order valence-corrected chi connectivity index (χ3v) is 5.19. The Labute approximate surface area is 173 Å². The van der Waals surface area contributed by atoms with Crippen molar-refractivity contribution in [2.24, 2.45) is 5.14 Å². The van der Waals surface area contributed by atoms with Crippen LogP contribution in [0.3, 0.4) is 0 Å². The third kappa shape index (κ3) is 5.49. The number of nitrogens with one attached hydrogen (secondary N) is 2. The number of nitrogens with two attached hydrogens (primary N) is 1. The Morgan fingerprint density at radius 3 is 2.17 bits per heavy atom. The maximum absolute atomic E-state index is 11.6. The Kier molecular flexibility index (Phi) is 6.54. The molecule has 3 aromatic rings. The molecule has 0 saturated carbocycles. The van der Waals surface area contributed by atoms with Crippen molar-refractivity contribution in [2.45, 2.75) is 17.9 Å². The molecule has 4 N–H and O–H groups in total. The van der Waals surface area contributed by atoms with E-state index in [1.54, 1.807) is 12.1 Å². The van der Waals surface area contributed by atoms with E-state index in [1.165, 1.54) is 18.5 Å². The normalized spacial score (nSPS) is 11.1. The van der Waals surface area contributed by atoms with E-state index in [0.29, 0.717) is 19.5 Å². The largest absolute Gasteiger partial charge is 0.364 e. The van der Waals surface area contributed by atoms with Crippen molar-refractivity contribution in [3.63, 3.8) is 0 Å². The van der Waals surface area contributed by atoms with Gasteiger partial charge in [-0.25, -0.2) is 23.5 Å². The topological polar surface area (TPSA) is 153 Å². The zero-order valence-electron chi connectivity index (χ0n) is 15.9. The lowest BCUT2D eigenvalue weighted by Crippen LogP contribution is -2.13. The Morgan fingerprint density at radius 1 is 0.933 bits per heavy atom. The molecule has 2 aromatic carbocycles. The Hall–Kier alpha value is -3.57. The lowest BCUT2D eigenvalue weighted by atomic mass is 10.1. The van der Waals surface area contributed by atoms with Crippen LogP contribution in [0.15, 0.2) is 65.8 Å². The number of rotatable bonds is 9. The van der Waals surface area contributed by atoms with Crippen LogP contribution in [0.5, 0.6) is 0 Å². The van der Waals surface area contributed by atoms with Gasteiger partial charge in [0.2, 0.25) is 21.7 Å². The van der Waals surface area contributed by atoms with Gasteiger partial charge < -0.3 is 10.6 Å². The number of anilines is 2. The summed E-state index contributed by atoms with van der Waals surface area (Å²) >= 11 is 0. The average molecular weight is 428 g/mol. The molecular weight excluding hydrogens is 408 g/mol. The summed E-state index contributed by atoms with van der Waals surface area (Å²) in [5.74, 6) is 0.227. The van der Waals surface area contributed by atoms with E-state index in [1.807, 2.05) is 30.3 Å². The first-order chi connectivity index (χ1) is 14.3. The van der Waals surface area contributed by atoms with Crippen molar-refractivity contribution in [3.05, 3.63) is 82.2 Å². The summed E-state index contributed by atoms with van der Waals surface area (Å²) in [5, 5.41) is 22.6. The van der Waals surface area contributed by atoms with Gasteiger partial charge >= 0.3 is 5.69 Å². The Morgan fingerprint density at radius 2 is 1.57 bits per heavy atom. The first kappa shape index (κ1) is 21.1. The molecule has 0 radical (unpaired) electrons. The summed E-state index contributed by atoms with van der Waals surface area (Å²) in [7, 11) is -3.74. The van der Waals surface area contributed by atoms with Gasteiger partial charge in [-0.05, 0) is 29.7 Å². The summed E-state index contributed by atoms with van der Waals surface area (Å²) < 4.78 is 22.6. The number of benzene rings is 2. The molecule has 1 aromatic heterocycles. The van der Waals surface area contributed by atoms with E-state index in [0.717, 1.165) is 11.1 Å². The van der Waals surface area contributed by atoms with Gasteiger partial charge in [0.05, 0.1) is 9.82 Å². The molecule has 0 spiro atoms. The standard InChI is InChI=1S/C19H20N6O4S/c20-30(28,29)16-8-6-14(7-9-16)10-11-21-18-17(25(26)27)19(24-13-23-18)22-12-15-4-2-1-3-5-15/h1-9,13H,10-12H2,(H2,20,28,29)(H2,21,22,23,24). The molecule has 30 heavy (non-hydrogen) atoms. The fourth-order valence-electron chi connectivity index (χ4n) is 2.76. The van der Waals surface area contributed by atoms with Crippen LogP contribution in [-0.2, 0) is 23.0 Å². The fraction of sp³-hybridized carbons (Fsp3) is 0.158. The number of hydrogen-bond acceptors (Lipinski definition) is 8. The molecule has 11 heteroatoms. The second-order valence-corrected chi connectivity index (χ2v) is 7.94. The van der Waals surface area contributed by atoms with Crippen LogP contribution in [0.25, 0.3) is 0 Å². The third-order valence-electron chi connectivity index (χ3n) is 4.27. The smallest absolute Gasteiger partial charge is 0.353 e. The van der Waals surface area contributed by atoms with Crippen molar-refractivity contribution in [1.29, 1.82) is 0 Å². The molecule has 0 amide bonds. The number of aromatic nitrogens is 2. The molecule has 0 bridgehead atoms. The maximum Gasteiger partial charge on any atom is 0.353 e. The van der Waals surface area contributed by atoms with Gasteiger partial charge in [-0.2, -0.15) is 0 Å². The van der Waals surface area contributed by atoms with Gasteiger partial charge in [0, 0.05) is 13.1 Å². The second-order valence-electron chi connectivity index (χ2n) is 6.38. The van der Waals surface area contributed by atoms with Crippen LogP contribution in [0, 0.1) is 10.1 Å². The van der Waals surface area contributed by atoms with Gasteiger partial charge in [-0.3, -0.25) is 10.1 Å². The van der Waals surface area contributed by atoms with Gasteiger partial charge in [-0.1, -0.05) is 42.5 Å². The Balaban J connectivity index is 1.67. The van der Waals surface area contributed by atoms with E-state index >= 15 is 0 Å². The summed E-state index contributed by atoms with van der Waals surface area (Å²) in [6.07, 6.45) is 1.75. The van der Waals surface area contributed by atoms with Crippen LogP contribution in [0.4, 0.5) is 17.3 Å². The van der Waals surface area contributed by atoms with E-state index in [2.05, 4.69) is 20.6 Å². The van der Waals surface area contributed by atoms with Crippen LogP contribution in [0.2, 0.25) is 0 Å². The van der Waals surface area contributed by atoms with Crippen molar-refractivity contribution < 1.29 is 13.3 Å².